The molecule has 102 valence electrons. The van der Waals surface area contributed by atoms with Gasteiger partial charge in [-0.05, 0) is 23.8 Å². The standard InChI is InChI=1S/C12H11Cl2NO4/c1-18-11(16)10-6-19-12(17)15(10)5-7-2-8(13)4-9(14)3-7/h2-4,10H,5-6H2,1H3/t10-/m1/s1. The van der Waals surface area contributed by atoms with Crippen LogP contribution >= 0.6 is 23.2 Å². The maximum absolute atomic E-state index is 11.6. The topological polar surface area (TPSA) is 55.8 Å². The molecule has 1 aliphatic rings. The second-order valence-electron chi connectivity index (χ2n) is 4.02. The number of rotatable bonds is 3. The molecule has 0 aliphatic carbocycles. The molecule has 1 saturated heterocycles. The van der Waals surface area contributed by atoms with Crippen LogP contribution in [0.25, 0.3) is 0 Å². The van der Waals surface area contributed by atoms with E-state index in [0.717, 1.165) is 0 Å². The highest BCUT2D eigenvalue weighted by Crippen LogP contribution is 2.23. The fraction of sp³-hybridized carbons (Fsp3) is 0.333. The molecule has 0 saturated carbocycles. The first-order chi connectivity index (χ1) is 9.01. The molecule has 1 fully saturated rings. The van der Waals surface area contributed by atoms with Crippen molar-refractivity contribution in [2.75, 3.05) is 13.7 Å². The lowest BCUT2D eigenvalue weighted by Gasteiger charge is -2.19. The number of benzene rings is 1. The summed E-state index contributed by atoms with van der Waals surface area (Å²) in [5, 5.41) is 0.925. The third-order valence-corrected chi connectivity index (χ3v) is 3.16. The lowest BCUT2D eigenvalue weighted by atomic mass is 10.2. The van der Waals surface area contributed by atoms with E-state index in [-0.39, 0.29) is 13.2 Å². The molecule has 0 radical (unpaired) electrons. The van der Waals surface area contributed by atoms with Crippen molar-refractivity contribution in [1.82, 2.24) is 4.90 Å². The van der Waals surface area contributed by atoms with Crippen LogP contribution in [-0.4, -0.2) is 36.7 Å². The van der Waals surface area contributed by atoms with Crippen molar-refractivity contribution < 1.29 is 19.1 Å². The SMILES string of the molecule is COC(=O)[C@H]1COC(=O)N1Cc1cc(Cl)cc(Cl)c1. The molecule has 7 heteroatoms. The molecule has 0 bridgehead atoms. The molecule has 2 rings (SSSR count). The summed E-state index contributed by atoms with van der Waals surface area (Å²) in [5.74, 6) is -0.515. The Hall–Kier alpha value is -1.46. The van der Waals surface area contributed by atoms with Crippen molar-refractivity contribution in [1.29, 1.82) is 0 Å². The van der Waals surface area contributed by atoms with Crippen LogP contribution in [0.4, 0.5) is 4.79 Å². The minimum atomic E-state index is -0.741. The Morgan fingerprint density at radius 3 is 2.63 bits per heavy atom. The first-order valence-corrected chi connectivity index (χ1v) is 6.23. The third kappa shape index (κ3) is 3.11. The van der Waals surface area contributed by atoms with Gasteiger partial charge in [0.15, 0.2) is 6.04 Å². The second-order valence-corrected chi connectivity index (χ2v) is 4.89. The number of carbonyl (C=O) groups is 2. The summed E-state index contributed by atoms with van der Waals surface area (Å²) in [6.07, 6.45) is -0.563. The van der Waals surface area contributed by atoms with Gasteiger partial charge in [-0.25, -0.2) is 9.59 Å². The minimum absolute atomic E-state index is 0.0141. The molecule has 19 heavy (non-hydrogen) atoms. The zero-order valence-corrected chi connectivity index (χ0v) is 11.6. The van der Waals surface area contributed by atoms with E-state index in [9.17, 15) is 9.59 Å². The number of carbonyl (C=O) groups excluding carboxylic acids is 2. The molecule has 0 spiro atoms. The number of ether oxygens (including phenoxy) is 2. The van der Waals surface area contributed by atoms with E-state index in [1.54, 1.807) is 18.2 Å². The summed E-state index contributed by atoms with van der Waals surface area (Å²) in [6.45, 7) is 0.165. The maximum Gasteiger partial charge on any atom is 0.411 e. The Balaban J connectivity index is 2.19. The maximum atomic E-state index is 11.6. The summed E-state index contributed by atoms with van der Waals surface area (Å²) in [5.41, 5.74) is 0.713. The van der Waals surface area contributed by atoms with Crippen LogP contribution in [-0.2, 0) is 20.8 Å². The Bertz CT molecular complexity index is 500. The first-order valence-electron chi connectivity index (χ1n) is 5.47. The summed E-state index contributed by atoms with van der Waals surface area (Å²) >= 11 is 11.8. The number of hydrogen-bond donors (Lipinski definition) is 0. The molecule has 1 amide bonds. The highest BCUT2D eigenvalue weighted by atomic mass is 35.5. The number of methoxy groups -OCH3 is 1. The van der Waals surface area contributed by atoms with Gasteiger partial charge in [0.1, 0.15) is 6.61 Å². The van der Waals surface area contributed by atoms with Gasteiger partial charge < -0.3 is 9.47 Å². The van der Waals surface area contributed by atoms with E-state index in [2.05, 4.69) is 4.74 Å². The van der Waals surface area contributed by atoms with E-state index in [0.29, 0.717) is 15.6 Å². The molecule has 1 heterocycles. The zero-order valence-electron chi connectivity index (χ0n) is 10.1. The van der Waals surface area contributed by atoms with E-state index in [4.69, 9.17) is 27.9 Å². The predicted octanol–water partition coefficient (Wildman–Crippen LogP) is 2.49. The highest BCUT2D eigenvalue weighted by molar-refractivity contribution is 6.34. The molecule has 0 aromatic heterocycles. The monoisotopic (exact) mass is 303 g/mol. The molecule has 5 nitrogen and oxygen atoms in total. The van der Waals surface area contributed by atoms with Crippen molar-refractivity contribution in [3.63, 3.8) is 0 Å². The van der Waals surface area contributed by atoms with Crippen molar-refractivity contribution >= 4 is 35.3 Å². The summed E-state index contributed by atoms with van der Waals surface area (Å²) < 4.78 is 9.49. The van der Waals surface area contributed by atoms with Crippen LogP contribution in [0.1, 0.15) is 5.56 Å². The van der Waals surface area contributed by atoms with Gasteiger partial charge in [0, 0.05) is 10.0 Å². The van der Waals surface area contributed by atoms with Crippen LogP contribution < -0.4 is 0 Å². The Morgan fingerprint density at radius 2 is 2.05 bits per heavy atom. The number of hydrogen-bond acceptors (Lipinski definition) is 4. The van der Waals surface area contributed by atoms with Crippen LogP contribution in [0.5, 0.6) is 0 Å². The summed E-state index contributed by atoms with van der Waals surface area (Å²) in [7, 11) is 1.26. The lowest BCUT2D eigenvalue weighted by molar-refractivity contribution is -0.145. The number of amides is 1. The average Bonchev–Trinajstić information content (AvgIpc) is 2.69. The van der Waals surface area contributed by atoms with Gasteiger partial charge in [-0.2, -0.15) is 0 Å². The molecular weight excluding hydrogens is 293 g/mol. The molecule has 1 aromatic carbocycles. The first kappa shape index (κ1) is 14.0. The van der Waals surface area contributed by atoms with Gasteiger partial charge in [0.2, 0.25) is 0 Å². The van der Waals surface area contributed by atoms with Gasteiger partial charge >= 0.3 is 12.1 Å². The fourth-order valence-corrected chi connectivity index (χ4v) is 2.43. The van der Waals surface area contributed by atoms with Gasteiger partial charge in [0.05, 0.1) is 13.7 Å². The van der Waals surface area contributed by atoms with E-state index in [1.807, 2.05) is 0 Å². The van der Waals surface area contributed by atoms with E-state index >= 15 is 0 Å². The molecule has 1 atom stereocenters. The predicted molar refractivity (Wildman–Crippen MR) is 69.2 cm³/mol. The molecule has 0 unspecified atom stereocenters. The molecular formula is C12H11Cl2NO4. The van der Waals surface area contributed by atoms with E-state index in [1.165, 1.54) is 12.0 Å². The highest BCUT2D eigenvalue weighted by Gasteiger charge is 2.38. The Morgan fingerprint density at radius 1 is 1.42 bits per heavy atom. The Kier molecular flexibility index (Phi) is 4.17. The third-order valence-electron chi connectivity index (χ3n) is 2.72. The quantitative estimate of drug-likeness (QED) is 0.805. The summed E-state index contributed by atoms with van der Waals surface area (Å²) in [4.78, 5) is 24.4. The van der Waals surface area contributed by atoms with Crippen molar-refractivity contribution in [3.8, 4) is 0 Å². The van der Waals surface area contributed by atoms with E-state index < -0.39 is 18.1 Å². The van der Waals surface area contributed by atoms with Crippen LogP contribution in [0.15, 0.2) is 18.2 Å². The Labute approximate surface area is 120 Å². The number of esters is 1. The normalized spacial score (nSPS) is 18.4. The lowest BCUT2D eigenvalue weighted by Crippen LogP contribution is -2.39. The second kappa shape index (κ2) is 5.67. The molecule has 1 aliphatic heterocycles. The smallest absolute Gasteiger partial charge is 0.411 e. The summed E-state index contributed by atoms with van der Waals surface area (Å²) in [6, 6.07) is 4.20. The van der Waals surface area contributed by atoms with Crippen molar-refractivity contribution in [2.45, 2.75) is 12.6 Å². The number of cyclic esters (lactones) is 1. The number of halogens is 2. The van der Waals surface area contributed by atoms with Crippen LogP contribution in [0.3, 0.4) is 0 Å². The largest absolute Gasteiger partial charge is 0.467 e. The average molecular weight is 304 g/mol. The fourth-order valence-electron chi connectivity index (χ4n) is 1.86. The number of nitrogens with zero attached hydrogens (tertiary/aromatic N) is 1. The van der Waals surface area contributed by atoms with Crippen LogP contribution in [0, 0.1) is 0 Å². The van der Waals surface area contributed by atoms with Gasteiger partial charge in [0.25, 0.3) is 0 Å². The molecule has 1 aromatic rings. The zero-order chi connectivity index (χ0) is 14.0. The van der Waals surface area contributed by atoms with Gasteiger partial charge in [-0.15, -0.1) is 0 Å². The van der Waals surface area contributed by atoms with Crippen molar-refractivity contribution in [3.05, 3.63) is 33.8 Å². The van der Waals surface area contributed by atoms with Crippen molar-refractivity contribution in [2.24, 2.45) is 0 Å². The minimum Gasteiger partial charge on any atom is -0.467 e. The van der Waals surface area contributed by atoms with Crippen LogP contribution in [0.2, 0.25) is 10.0 Å². The van der Waals surface area contributed by atoms with Gasteiger partial charge in [-0.3, -0.25) is 4.90 Å². The van der Waals surface area contributed by atoms with Gasteiger partial charge in [-0.1, -0.05) is 23.2 Å². The molecule has 0 N–H and O–H groups in total.